The maximum Gasteiger partial charge on any atom is 0.246 e. The van der Waals surface area contributed by atoms with Gasteiger partial charge in [0.2, 0.25) is 10.0 Å². The molecular weight excluding hydrogens is 302 g/mol. The molecule has 0 aliphatic carbocycles. The number of hydrogen-bond acceptors (Lipinski definition) is 4. The van der Waals surface area contributed by atoms with E-state index >= 15 is 0 Å². The fraction of sp³-hybridized carbons (Fsp3) is 0.250. The van der Waals surface area contributed by atoms with Crippen LogP contribution < -0.4 is 10.5 Å². The number of anilines is 1. The molecule has 0 amide bonds. The Kier molecular flexibility index (Phi) is 4.24. The van der Waals surface area contributed by atoms with E-state index in [9.17, 15) is 17.2 Å². The Balaban J connectivity index is 2.12. The first-order valence-electron chi connectivity index (χ1n) is 6.03. The largest absolute Gasteiger partial charge is 0.399 e. The van der Waals surface area contributed by atoms with E-state index in [-0.39, 0.29) is 18.8 Å². The van der Waals surface area contributed by atoms with Crippen molar-refractivity contribution in [1.29, 1.82) is 0 Å². The van der Waals surface area contributed by atoms with Crippen LogP contribution in [-0.2, 0) is 16.6 Å². The van der Waals surface area contributed by atoms with E-state index in [1.807, 2.05) is 6.92 Å². The first-order valence-corrected chi connectivity index (χ1v) is 7.51. The molecule has 0 fully saturated rings. The van der Waals surface area contributed by atoms with Crippen molar-refractivity contribution in [2.24, 2.45) is 0 Å². The van der Waals surface area contributed by atoms with Crippen molar-refractivity contribution in [3.63, 3.8) is 0 Å². The lowest BCUT2D eigenvalue weighted by atomic mass is 10.3. The molecule has 2 aromatic rings. The molecule has 0 bridgehead atoms. The third kappa shape index (κ3) is 3.56. The smallest absolute Gasteiger partial charge is 0.246 e. The Morgan fingerprint density at radius 3 is 2.48 bits per heavy atom. The minimum atomic E-state index is -4.30. The van der Waals surface area contributed by atoms with E-state index < -0.39 is 26.6 Å². The molecule has 3 N–H and O–H groups in total. The number of aryl methyl sites for hydroxylation is 1. The molecule has 0 aliphatic heterocycles. The topological polar surface area (TPSA) is 90.0 Å². The summed E-state index contributed by atoms with van der Waals surface area (Å²) in [5, 5.41) is 3.97. The number of rotatable bonds is 5. The molecule has 1 aromatic heterocycles. The SMILES string of the molecule is Cc1cnn(CCNS(=O)(=O)c2c(F)cc(N)cc2F)c1. The van der Waals surface area contributed by atoms with E-state index in [0.717, 1.165) is 17.7 Å². The van der Waals surface area contributed by atoms with Gasteiger partial charge in [0, 0.05) is 18.4 Å². The van der Waals surface area contributed by atoms with Crippen molar-refractivity contribution < 1.29 is 17.2 Å². The van der Waals surface area contributed by atoms with Crippen molar-refractivity contribution in [1.82, 2.24) is 14.5 Å². The molecule has 0 unspecified atom stereocenters. The minimum Gasteiger partial charge on any atom is -0.399 e. The molecule has 21 heavy (non-hydrogen) atoms. The highest BCUT2D eigenvalue weighted by Gasteiger charge is 2.24. The number of halogens is 2. The molecule has 1 aromatic carbocycles. The lowest BCUT2D eigenvalue weighted by Gasteiger charge is -2.09. The fourth-order valence-corrected chi connectivity index (χ4v) is 2.93. The van der Waals surface area contributed by atoms with Crippen molar-refractivity contribution in [2.45, 2.75) is 18.4 Å². The first kappa shape index (κ1) is 15.4. The van der Waals surface area contributed by atoms with Gasteiger partial charge in [-0.2, -0.15) is 5.10 Å². The molecule has 9 heteroatoms. The zero-order valence-corrected chi connectivity index (χ0v) is 12.0. The summed E-state index contributed by atoms with van der Waals surface area (Å²) in [5.41, 5.74) is 5.98. The Labute approximate surface area is 120 Å². The molecule has 114 valence electrons. The Morgan fingerprint density at radius 1 is 1.33 bits per heavy atom. The summed E-state index contributed by atoms with van der Waals surface area (Å²) in [5.74, 6) is -2.45. The molecule has 0 saturated carbocycles. The van der Waals surface area contributed by atoms with Crippen LogP contribution >= 0.6 is 0 Å². The first-order chi connectivity index (χ1) is 9.79. The average molecular weight is 316 g/mol. The van der Waals surface area contributed by atoms with Crippen LogP contribution in [0.25, 0.3) is 0 Å². The molecule has 0 aliphatic rings. The molecule has 0 spiro atoms. The molecule has 0 atom stereocenters. The van der Waals surface area contributed by atoms with Crippen LogP contribution in [0.3, 0.4) is 0 Å². The van der Waals surface area contributed by atoms with Gasteiger partial charge in [0.25, 0.3) is 0 Å². The van der Waals surface area contributed by atoms with E-state index in [0.29, 0.717) is 0 Å². The van der Waals surface area contributed by atoms with Crippen LogP contribution in [0.15, 0.2) is 29.4 Å². The lowest BCUT2D eigenvalue weighted by Crippen LogP contribution is -2.29. The molecule has 2 rings (SSSR count). The van der Waals surface area contributed by atoms with E-state index in [2.05, 4.69) is 9.82 Å². The van der Waals surface area contributed by atoms with Crippen molar-refractivity contribution in [3.05, 3.63) is 41.7 Å². The minimum absolute atomic E-state index is 0.0489. The average Bonchev–Trinajstić information content (AvgIpc) is 2.72. The van der Waals surface area contributed by atoms with Gasteiger partial charge in [-0.1, -0.05) is 0 Å². The van der Waals surface area contributed by atoms with Gasteiger partial charge in [-0.15, -0.1) is 0 Å². The van der Waals surface area contributed by atoms with Gasteiger partial charge in [-0.3, -0.25) is 4.68 Å². The molecule has 0 saturated heterocycles. The number of benzene rings is 1. The maximum absolute atomic E-state index is 13.6. The zero-order chi connectivity index (χ0) is 15.6. The van der Waals surface area contributed by atoms with Gasteiger partial charge in [0.05, 0.1) is 12.7 Å². The number of hydrogen-bond donors (Lipinski definition) is 2. The van der Waals surface area contributed by atoms with E-state index in [4.69, 9.17) is 5.73 Å². The van der Waals surface area contributed by atoms with Crippen LogP contribution in [0, 0.1) is 18.6 Å². The lowest BCUT2D eigenvalue weighted by molar-refractivity contribution is 0.511. The van der Waals surface area contributed by atoms with Gasteiger partial charge in [0.1, 0.15) is 11.6 Å². The summed E-state index contributed by atoms with van der Waals surface area (Å²) in [4.78, 5) is -1.03. The summed E-state index contributed by atoms with van der Waals surface area (Å²) in [6, 6.07) is 1.52. The van der Waals surface area contributed by atoms with Crippen LogP contribution in [-0.4, -0.2) is 24.7 Å². The molecular formula is C12H14F2N4O2S. The fourth-order valence-electron chi connectivity index (χ4n) is 1.79. The summed E-state index contributed by atoms with van der Waals surface area (Å²) < 4.78 is 54.7. The van der Waals surface area contributed by atoms with Crippen LogP contribution in [0.4, 0.5) is 14.5 Å². The predicted octanol–water partition coefficient (Wildman–Crippen LogP) is 1.03. The van der Waals surface area contributed by atoms with E-state index in [1.54, 1.807) is 12.4 Å². The second-order valence-corrected chi connectivity index (χ2v) is 6.20. The normalized spacial score (nSPS) is 11.8. The highest BCUT2D eigenvalue weighted by atomic mass is 32.2. The van der Waals surface area contributed by atoms with Crippen LogP contribution in [0.5, 0.6) is 0 Å². The number of nitrogens with one attached hydrogen (secondary N) is 1. The summed E-state index contributed by atoms with van der Waals surface area (Å²) in [7, 11) is -4.30. The number of nitrogens with two attached hydrogens (primary N) is 1. The Bertz CT molecular complexity index is 735. The zero-order valence-electron chi connectivity index (χ0n) is 11.2. The number of nitrogen functional groups attached to an aromatic ring is 1. The Hall–Kier alpha value is -2.00. The van der Waals surface area contributed by atoms with Crippen molar-refractivity contribution in [3.8, 4) is 0 Å². The summed E-state index contributed by atoms with van der Waals surface area (Å²) >= 11 is 0. The van der Waals surface area contributed by atoms with Crippen LogP contribution in [0.1, 0.15) is 5.56 Å². The van der Waals surface area contributed by atoms with Crippen molar-refractivity contribution >= 4 is 15.7 Å². The van der Waals surface area contributed by atoms with Gasteiger partial charge in [-0.05, 0) is 24.6 Å². The third-order valence-electron chi connectivity index (χ3n) is 2.68. The van der Waals surface area contributed by atoms with E-state index in [1.165, 1.54) is 4.68 Å². The third-order valence-corrected chi connectivity index (χ3v) is 4.20. The van der Waals surface area contributed by atoms with Crippen molar-refractivity contribution in [2.75, 3.05) is 12.3 Å². The van der Waals surface area contributed by atoms with Crippen LogP contribution in [0.2, 0.25) is 0 Å². The molecule has 1 heterocycles. The predicted molar refractivity (Wildman–Crippen MR) is 72.9 cm³/mol. The highest BCUT2D eigenvalue weighted by Crippen LogP contribution is 2.21. The number of aromatic nitrogens is 2. The van der Waals surface area contributed by atoms with Gasteiger partial charge in [-0.25, -0.2) is 21.9 Å². The number of nitrogens with zero attached hydrogens (tertiary/aromatic N) is 2. The Morgan fingerprint density at radius 2 is 1.95 bits per heavy atom. The molecule has 6 nitrogen and oxygen atoms in total. The second-order valence-electron chi connectivity index (χ2n) is 4.49. The number of sulfonamides is 1. The standard InChI is InChI=1S/C12H14F2N4O2S/c1-8-6-16-18(7-8)3-2-17-21(19,20)12-10(13)4-9(15)5-11(12)14/h4-7,17H,2-3,15H2,1H3. The van der Waals surface area contributed by atoms with Gasteiger partial charge in [0.15, 0.2) is 4.90 Å². The maximum atomic E-state index is 13.6. The molecule has 0 radical (unpaired) electrons. The second kappa shape index (κ2) is 5.78. The van der Waals surface area contributed by atoms with Gasteiger partial charge >= 0.3 is 0 Å². The summed E-state index contributed by atoms with van der Waals surface area (Å²) in [6.07, 6.45) is 3.34. The quantitative estimate of drug-likeness (QED) is 0.806. The summed E-state index contributed by atoms with van der Waals surface area (Å²) in [6.45, 7) is 2.03. The highest BCUT2D eigenvalue weighted by molar-refractivity contribution is 7.89. The van der Waals surface area contributed by atoms with Gasteiger partial charge < -0.3 is 5.73 Å². The monoisotopic (exact) mass is 316 g/mol.